The lowest BCUT2D eigenvalue weighted by atomic mass is 10.1. The van der Waals surface area contributed by atoms with Gasteiger partial charge in [0.05, 0.1) is 11.1 Å². The highest BCUT2D eigenvalue weighted by Crippen LogP contribution is 2.25. The maximum Gasteiger partial charge on any atom is 0.260 e. The molecule has 4 nitrogen and oxygen atoms in total. The Morgan fingerprint density at radius 3 is 2.90 bits per heavy atom. The van der Waals surface area contributed by atoms with Crippen LogP contribution >= 0.6 is 11.6 Å². The van der Waals surface area contributed by atoms with Gasteiger partial charge in [0.25, 0.3) is 5.91 Å². The average Bonchev–Trinajstić information content (AvgIpc) is 2.84. The Kier molecular flexibility index (Phi) is 5.26. The maximum absolute atomic E-state index is 12.0. The molecule has 1 aliphatic rings. The van der Waals surface area contributed by atoms with E-state index >= 15 is 0 Å². The van der Waals surface area contributed by atoms with Crippen LogP contribution in [0.25, 0.3) is 0 Å². The number of nitrogens with one attached hydrogen (secondary N) is 1. The first kappa shape index (κ1) is 15.1. The van der Waals surface area contributed by atoms with Gasteiger partial charge in [0.2, 0.25) is 0 Å². The molecule has 0 saturated heterocycles. The monoisotopic (exact) mass is 297 g/mol. The predicted molar refractivity (Wildman–Crippen MR) is 77.9 cm³/mol. The summed E-state index contributed by atoms with van der Waals surface area (Å²) in [4.78, 5) is 12.0. The second kappa shape index (κ2) is 6.95. The van der Waals surface area contributed by atoms with E-state index in [-0.39, 0.29) is 12.0 Å². The molecule has 5 heteroatoms. The molecular formula is C15H20ClNO3. The van der Waals surface area contributed by atoms with Crippen LogP contribution < -0.4 is 10.1 Å². The zero-order valence-electron chi connectivity index (χ0n) is 11.5. The van der Waals surface area contributed by atoms with Crippen molar-refractivity contribution in [2.75, 3.05) is 6.54 Å². The largest absolute Gasteiger partial charge is 0.479 e. The van der Waals surface area contributed by atoms with E-state index in [1.807, 2.05) is 12.1 Å². The molecule has 1 saturated carbocycles. The second-order valence-electron chi connectivity index (χ2n) is 5.27. The summed E-state index contributed by atoms with van der Waals surface area (Å²) in [6, 6.07) is 7.08. The van der Waals surface area contributed by atoms with E-state index in [9.17, 15) is 9.90 Å². The van der Waals surface area contributed by atoms with E-state index in [4.69, 9.17) is 16.3 Å². The zero-order chi connectivity index (χ0) is 14.5. The van der Waals surface area contributed by atoms with Crippen molar-refractivity contribution in [2.45, 2.75) is 38.4 Å². The zero-order valence-corrected chi connectivity index (χ0v) is 12.3. The lowest BCUT2D eigenvalue weighted by Crippen LogP contribution is -2.38. The topological polar surface area (TPSA) is 58.6 Å². The standard InChI is InChI=1S/C15H20ClNO3/c1-10(20-14-5-3-2-4-13(14)16)15(19)17-9-11-6-7-12(18)8-11/h2-5,10-12,18H,6-9H2,1H3,(H,17,19). The Morgan fingerprint density at radius 2 is 2.25 bits per heavy atom. The van der Waals surface area contributed by atoms with Crippen molar-refractivity contribution in [1.29, 1.82) is 0 Å². The van der Waals surface area contributed by atoms with Crippen LogP contribution in [-0.4, -0.2) is 29.8 Å². The third-order valence-electron chi connectivity index (χ3n) is 3.59. The van der Waals surface area contributed by atoms with E-state index < -0.39 is 6.10 Å². The quantitative estimate of drug-likeness (QED) is 0.877. The fraction of sp³-hybridized carbons (Fsp3) is 0.533. The number of ether oxygens (including phenoxy) is 1. The molecule has 110 valence electrons. The number of hydrogen-bond donors (Lipinski definition) is 2. The number of halogens is 1. The van der Waals surface area contributed by atoms with Crippen LogP contribution in [0, 0.1) is 5.92 Å². The Morgan fingerprint density at radius 1 is 1.50 bits per heavy atom. The van der Waals surface area contributed by atoms with Gasteiger partial charge in [-0.2, -0.15) is 0 Å². The first-order valence-corrected chi connectivity index (χ1v) is 7.31. The number of para-hydroxylation sites is 1. The van der Waals surface area contributed by atoms with Gasteiger partial charge in [0, 0.05) is 6.54 Å². The van der Waals surface area contributed by atoms with E-state index in [1.54, 1.807) is 19.1 Å². The van der Waals surface area contributed by atoms with Crippen molar-refractivity contribution in [3.05, 3.63) is 29.3 Å². The number of amides is 1. The Bertz CT molecular complexity index is 466. The molecule has 3 atom stereocenters. The second-order valence-corrected chi connectivity index (χ2v) is 5.68. The molecule has 1 aromatic carbocycles. The van der Waals surface area contributed by atoms with Crippen LogP contribution in [0.3, 0.4) is 0 Å². The van der Waals surface area contributed by atoms with E-state index in [0.29, 0.717) is 23.2 Å². The molecule has 0 radical (unpaired) electrons. The number of benzene rings is 1. The van der Waals surface area contributed by atoms with Gasteiger partial charge in [0.1, 0.15) is 5.75 Å². The highest BCUT2D eigenvalue weighted by Gasteiger charge is 2.24. The van der Waals surface area contributed by atoms with Gasteiger partial charge in [-0.3, -0.25) is 4.79 Å². The lowest BCUT2D eigenvalue weighted by molar-refractivity contribution is -0.127. The van der Waals surface area contributed by atoms with Gasteiger partial charge >= 0.3 is 0 Å². The molecule has 3 unspecified atom stereocenters. The van der Waals surface area contributed by atoms with E-state index in [2.05, 4.69) is 5.32 Å². The summed E-state index contributed by atoms with van der Waals surface area (Å²) in [5.41, 5.74) is 0. The molecule has 2 N–H and O–H groups in total. The predicted octanol–water partition coefficient (Wildman–Crippen LogP) is 2.38. The number of carbonyl (C=O) groups excluding carboxylic acids is 1. The van der Waals surface area contributed by atoms with Gasteiger partial charge in [-0.05, 0) is 44.2 Å². The summed E-state index contributed by atoms with van der Waals surface area (Å²) in [5, 5.41) is 12.8. The number of hydrogen-bond acceptors (Lipinski definition) is 3. The normalized spacial score (nSPS) is 23.4. The van der Waals surface area contributed by atoms with Gasteiger partial charge in [-0.1, -0.05) is 23.7 Å². The summed E-state index contributed by atoms with van der Waals surface area (Å²) < 4.78 is 5.55. The van der Waals surface area contributed by atoms with Crippen molar-refractivity contribution < 1.29 is 14.6 Å². The van der Waals surface area contributed by atoms with Gasteiger partial charge in [-0.15, -0.1) is 0 Å². The van der Waals surface area contributed by atoms with Crippen LogP contribution in [-0.2, 0) is 4.79 Å². The fourth-order valence-electron chi connectivity index (χ4n) is 2.41. The number of aliphatic hydroxyl groups is 1. The van der Waals surface area contributed by atoms with E-state index in [1.165, 1.54) is 0 Å². The molecule has 1 fully saturated rings. The SMILES string of the molecule is CC(Oc1ccccc1Cl)C(=O)NCC1CCC(O)C1. The molecule has 1 aliphatic carbocycles. The molecule has 20 heavy (non-hydrogen) atoms. The van der Waals surface area contributed by atoms with Crippen molar-refractivity contribution in [3.63, 3.8) is 0 Å². The Hall–Kier alpha value is -1.26. The van der Waals surface area contributed by atoms with Crippen molar-refractivity contribution in [3.8, 4) is 5.75 Å². The molecular weight excluding hydrogens is 278 g/mol. The molecule has 0 aromatic heterocycles. The third-order valence-corrected chi connectivity index (χ3v) is 3.90. The van der Waals surface area contributed by atoms with Crippen LogP contribution in [0.5, 0.6) is 5.75 Å². The summed E-state index contributed by atoms with van der Waals surface area (Å²) in [6.07, 6.45) is 1.74. The minimum absolute atomic E-state index is 0.161. The van der Waals surface area contributed by atoms with E-state index in [0.717, 1.165) is 19.3 Å². The molecule has 1 amide bonds. The highest BCUT2D eigenvalue weighted by atomic mass is 35.5. The molecule has 0 heterocycles. The number of carbonyl (C=O) groups is 1. The highest BCUT2D eigenvalue weighted by molar-refractivity contribution is 6.32. The first-order chi connectivity index (χ1) is 9.56. The first-order valence-electron chi connectivity index (χ1n) is 6.93. The summed E-state index contributed by atoms with van der Waals surface area (Å²) >= 11 is 5.99. The summed E-state index contributed by atoms with van der Waals surface area (Å²) in [7, 11) is 0. The third kappa shape index (κ3) is 4.12. The minimum atomic E-state index is -0.596. The van der Waals surface area contributed by atoms with Gasteiger partial charge in [0.15, 0.2) is 6.10 Å². The van der Waals surface area contributed by atoms with Crippen molar-refractivity contribution >= 4 is 17.5 Å². The molecule has 0 aliphatic heterocycles. The minimum Gasteiger partial charge on any atom is -0.479 e. The van der Waals surface area contributed by atoms with Crippen LogP contribution in [0.15, 0.2) is 24.3 Å². The van der Waals surface area contributed by atoms with Crippen LogP contribution in [0.1, 0.15) is 26.2 Å². The molecule has 1 aromatic rings. The fourth-order valence-corrected chi connectivity index (χ4v) is 2.59. The number of aliphatic hydroxyl groups excluding tert-OH is 1. The van der Waals surface area contributed by atoms with Gasteiger partial charge in [-0.25, -0.2) is 0 Å². The number of rotatable bonds is 5. The Labute approximate surface area is 124 Å². The molecule has 0 spiro atoms. The Balaban J connectivity index is 1.79. The van der Waals surface area contributed by atoms with Crippen molar-refractivity contribution in [2.24, 2.45) is 5.92 Å². The summed E-state index contributed by atoms with van der Waals surface area (Å²) in [5.74, 6) is 0.709. The summed E-state index contributed by atoms with van der Waals surface area (Å²) in [6.45, 7) is 2.29. The van der Waals surface area contributed by atoms with Crippen molar-refractivity contribution in [1.82, 2.24) is 5.32 Å². The van der Waals surface area contributed by atoms with Gasteiger partial charge < -0.3 is 15.2 Å². The molecule has 0 bridgehead atoms. The maximum atomic E-state index is 12.0. The van der Waals surface area contributed by atoms with Crippen LogP contribution in [0.4, 0.5) is 0 Å². The van der Waals surface area contributed by atoms with Crippen LogP contribution in [0.2, 0.25) is 5.02 Å². The average molecular weight is 298 g/mol. The lowest BCUT2D eigenvalue weighted by Gasteiger charge is -2.17. The molecule has 2 rings (SSSR count). The smallest absolute Gasteiger partial charge is 0.260 e.